The monoisotopic (exact) mass is 147 g/mol. The van der Waals surface area contributed by atoms with Crippen molar-refractivity contribution in [1.82, 2.24) is 0 Å². The molecular weight excluding hydrogens is 134 g/mol. The lowest BCUT2D eigenvalue weighted by Crippen LogP contribution is -2.21. The molecule has 0 bridgehead atoms. The Hall–Kier alpha value is 0.01000. The van der Waals surface area contributed by atoms with Crippen LogP contribution in [0, 0.1) is 5.92 Å². The second-order valence-electron chi connectivity index (χ2n) is 2.18. The molecule has 0 heterocycles. The van der Waals surface area contributed by atoms with Crippen molar-refractivity contribution in [1.29, 1.82) is 0 Å². The van der Waals surface area contributed by atoms with E-state index in [-0.39, 0.29) is 0 Å². The first-order chi connectivity index (χ1) is 4.16. The van der Waals surface area contributed by atoms with Crippen LogP contribution in [0.15, 0.2) is 12.7 Å². The van der Waals surface area contributed by atoms with Gasteiger partial charge in [-0.2, -0.15) is 5.14 Å². The molecular formula is C6H13NOS. The van der Waals surface area contributed by atoms with Crippen LogP contribution in [-0.4, -0.2) is 10.3 Å². The normalized spacial score (nSPS) is 16.8. The van der Waals surface area contributed by atoms with E-state index >= 15 is 0 Å². The molecule has 0 aromatic heterocycles. The summed E-state index contributed by atoms with van der Waals surface area (Å²) in [5.41, 5.74) is 0. The molecule has 0 fully saturated rings. The maximum absolute atomic E-state index is 10.4. The van der Waals surface area contributed by atoms with Crippen molar-refractivity contribution >= 4 is 11.4 Å². The van der Waals surface area contributed by atoms with E-state index in [1.54, 1.807) is 0 Å². The molecule has 0 aromatic rings. The van der Waals surface area contributed by atoms with Gasteiger partial charge in [0.15, 0.2) is 0 Å². The SMILES string of the molecule is C=CC[C@@H](C)C[S+](N)[O-]. The van der Waals surface area contributed by atoms with E-state index in [0.717, 1.165) is 6.42 Å². The molecule has 2 atom stereocenters. The molecule has 3 heteroatoms. The molecule has 2 nitrogen and oxygen atoms in total. The zero-order valence-electron chi connectivity index (χ0n) is 5.67. The summed E-state index contributed by atoms with van der Waals surface area (Å²) >= 11 is -1.14. The first kappa shape index (κ1) is 9.01. The zero-order valence-corrected chi connectivity index (χ0v) is 6.49. The molecule has 54 valence electrons. The van der Waals surface area contributed by atoms with Crippen LogP contribution in [0.3, 0.4) is 0 Å². The summed E-state index contributed by atoms with van der Waals surface area (Å²) in [5.74, 6) is 0.972. The predicted molar refractivity (Wildman–Crippen MR) is 41.2 cm³/mol. The molecule has 0 aromatic carbocycles. The van der Waals surface area contributed by atoms with Gasteiger partial charge in [0.25, 0.3) is 0 Å². The van der Waals surface area contributed by atoms with Crippen LogP contribution in [0.2, 0.25) is 0 Å². The Kier molecular flexibility index (Phi) is 4.85. The molecule has 0 amide bonds. The maximum atomic E-state index is 10.4. The van der Waals surface area contributed by atoms with E-state index in [0.29, 0.717) is 11.7 Å². The minimum absolute atomic E-state index is 0.397. The lowest BCUT2D eigenvalue weighted by Gasteiger charge is -2.07. The molecule has 0 spiro atoms. The molecule has 0 rings (SSSR count). The lowest BCUT2D eigenvalue weighted by molar-refractivity contribution is 0.574. The van der Waals surface area contributed by atoms with Gasteiger partial charge in [-0.05, 0) is 6.42 Å². The van der Waals surface area contributed by atoms with Gasteiger partial charge in [0, 0.05) is 17.3 Å². The van der Waals surface area contributed by atoms with E-state index in [9.17, 15) is 4.55 Å². The van der Waals surface area contributed by atoms with Crippen LogP contribution in [0.1, 0.15) is 13.3 Å². The molecule has 0 aliphatic heterocycles. The number of hydrogen-bond acceptors (Lipinski definition) is 2. The fraction of sp³-hybridized carbons (Fsp3) is 0.667. The van der Waals surface area contributed by atoms with Crippen molar-refractivity contribution in [3.63, 3.8) is 0 Å². The third-order valence-electron chi connectivity index (χ3n) is 1.02. The summed E-state index contributed by atoms with van der Waals surface area (Å²) in [4.78, 5) is 0. The third-order valence-corrected chi connectivity index (χ3v) is 1.92. The Labute approximate surface area is 59.4 Å². The molecule has 2 N–H and O–H groups in total. The highest BCUT2D eigenvalue weighted by Gasteiger charge is 2.05. The minimum Gasteiger partial charge on any atom is -0.598 e. The number of nitrogens with two attached hydrogens (primary N) is 1. The van der Waals surface area contributed by atoms with E-state index < -0.39 is 11.4 Å². The Morgan fingerprint density at radius 1 is 1.89 bits per heavy atom. The zero-order chi connectivity index (χ0) is 7.28. The number of hydrogen-bond donors (Lipinski definition) is 1. The molecule has 0 aliphatic rings. The van der Waals surface area contributed by atoms with Crippen molar-refractivity contribution in [2.45, 2.75) is 13.3 Å². The van der Waals surface area contributed by atoms with E-state index in [4.69, 9.17) is 5.14 Å². The molecule has 0 radical (unpaired) electrons. The quantitative estimate of drug-likeness (QED) is 0.473. The average Bonchev–Trinajstić information content (AvgIpc) is 1.63. The third kappa shape index (κ3) is 5.89. The largest absolute Gasteiger partial charge is 0.598 e. The lowest BCUT2D eigenvalue weighted by atomic mass is 10.1. The Bertz CT molecular complexity index is 85.1. The number of rotatable bonds is 4. The summed E-state index contributed by atoms with van der Waals surface area (Å²) < 4.78 is 10.4. The Morgan fingerprint density at radius 2 is 2.44 bits per heavy atom. The highest BCUT2D eigenvalue weighted by atomic mass is 32.2. The number of allylic oxidation sites excluding steroid dienone is 1. The molecule has 1 unspecified atom stereocenters. The summed E-state index contributed by atoms with van der Waals surface area (Å²) in [7, 11) is 0. The predicted octanol–water partition coefficient (Wildman–Crippen LogP) is 0.821. The van der Waals surface area contributed by atoms with Crippen molar-refractivity contribution in [3.05, 3.63) is 12.7 Å². The van der Waals surface area contributed by atoms with Gasteiger partial charge in [0.2, 0.25) is 0 Å². The van der Waals surface area contributed by atoms with Gasteiger partial charge in [-0.15, -0.1) is 6.58 Å². The fourth-order valence-corrected chi connectivity index (χ4v) is 1.33. The first-order valence-corrected chi connectivity index (χ1v) is 4.28. The summed E-state index contributed by atoms with van der Waals surface area (Å²) in [6.07, 6.45) is 2.71. The van der Waals surface area contributed by atoms with E-state index in [1.807, 2.05) is 13.0 Å². The molecule has 0 aliphatic carbocycles. The van der Waals surface area contributed by atoms with Gasteiger partial charge < -0.3 is 4.55 Å². The molecule has 0 saturated heterocycles. The van der Waals surface area contributed by atoms with Crippen LogP contribution in [-0.2, 0) is 11.4 Å². The molecule has 9 heavy (non-hydrogen) atoms. The second-order valence-corrected chi connectivity index (χ2v) is 3.27. The van der Waals surface area contributed by atoms with E-state index in [1.165, 1.54) is 0 Å². The highest BCUT2D eigenvalue weighted by Crippen LogP contribution is 2.03. The smallest absolute Gasteiger partial charge is 0.128 e. The summed E-state index contributed by atoms with van der Waals surface area (Å²) in [6.45, 7) is 5.57. The van der Waals surface area contributed by atoms with Gasteiger partial charge in [-0.25, -0.2) is 0 Å². The Morgan fingerprint density at radius 3 is 2.78 bits per heavy atom. The minimum atomic E-state index is -1.14. The standard InChI is InChI=1S/C6H13NOS/c1-3-4-6(2)5-9(7)8/h3,6H,1,4-5,7H2,2H3/t6-,9?/m1/s1. The Balaban J connectivity index is 3.25. The highest BCUT2D eigenvalue weighted by molar-refractivity contribution is 7.89. The van der Waals surface area contributed by atoms with Gasteiger partial charge in [-0.1, -0.05) is 13.0 Å². The van der Waals surface area contributed by atoms with Crippen molar-refractivity contribution in [2.75, 3.05) is 5.75 Å². The summed E-state index contributed by atoms with van der Waals surface area (Å²) in [5, 5.41) is 5.06. The van der Waals surface area contributed by atoms with Crippen molar-refractivity contribution in [3.8, 4) is 0 Å². The van der Waals surface area contributed by atoms with Crippen LogP contribution in [0.25, 0.3) is 0 Å². The fourth-order valence-electron chi connectivity index (χ4n) is 0.633. The van der Waals surface area contributed by atoms with Gasteiger partial charge in [0.1, 0.15) is 5.75 Å². The van der Waals surface area contributed by atoms with Crippen molar-refractivity contribution in [2.24, 2.45) is 11.1 Å². The van der Waals surface area contributed by atoms with Gasteiger partial charge >= 0.3 is 0 Å². The van der Waals surface area contributed by atoms with E-state index in [2.05, 4.69) is 6.58 Å². The van der Waals surface area contributed by atoms with Crippen LogP contribution < -0.4 is 5.14 Å². The van der Waals surface area contributed by atoms with Crippen molar-refractivity contribution < 1.29 is 4.55 Å². The van der Waals surface area contributed by atoms with Gasteiger partial charge in [0.05, 0.1) is 0 Å². The van der Waals surface area contributed by atoms with Crippen LogP contribution in [0.4, 0.5) is 0 Å². The van der Waals surface area contributed by atoms with Gasteiger partial charge in [-0.3, -0.25) is 0 Å². The second kappa shape index (κ2) is 4.85. The summed E-state index contributed by atoms with van der Waals surface area (Å²) in [6, 6.07) is 0. The van der Waals surface area contributed by atoms with Crippen LogP contribution >= 0.6 is 0 Å². The molecule has 0 saturated carbocycles. The topological polar surface area (TPSA) is 49.1 Å². The maximum Gasteiger partial charge on any atom is 0.128 e. The first-order valence-electron chi connectivity index (χ1n) is 2.90. The van der Waals surface area contributed by atoms with Crippen LogP contribution in [0.5, 0.6) is 0 Å². The average molecular weight is 147 g/mol.